The maximum absolute atomic E-state index is 13.7. The van der Waals surface area contributed by atoms with Gasteiger partial charge in [-0.05, 0) is 48.9 Å². The van der Waals surface area contributed by atoms with Crippen molar-refractivity contribution >= 4 is 39.3 Å². The highest BCUT2D eigenvalue weighted by atomic mass is 79.9. The minimum Gasteiger partial charge on any atom is -0.497 e. The Morgan fingerprint density at radius 1 is 1.16 bits per heavy atom. The SMILES string of the molecule is C=CCOC(=O)C1=C(C)N=c2s/c(=C\c3ccc(-c4ccc(Br)cc4)o3)c(=O)n2C1c1ccc(OC)cc1. The molecule has 0 fully saturated rings. The van der Waals surface area contributed by atoms with Crippen molar-refractivity contribution in [3.8, 4) is 17.1 Å². The van der Waals surface area contributed by atoms with E-state index in [-0.39, 0.29) is 12.2 Å². The van der Waals surface area contributed by atoms with Gasteiger partial charge in [-0.2, -0.15) is 0 Å². The fourth-order valence-electron chi connectivity index (χ4n) is 4.23. The zero-order valence-electron chi connectivity index (χ0n) is 20.6. The van der Waals surface area contributed by atoms with E-state index in [2.05, 4.69) is 27.5 Å². The molecule has 7 nitrogen and oxygen atoms in total. The van der Waals surface area contributed by atoms with Crippen molar-refractivity contribution in [2.24, 2.45) is 4.99 Å². The Hall–Kier alpha value is -3.95. The number of carbonyl (C=O) groups is 1. The van der Waals surface area contributed by atoms with E-state index in [0.29, 0.717) is 37.9 Å². The molecular formula is C29H23BrN2O5S. The Morgan fingerprint density at radius 3 is 2.58 bits per heavy atom. The second-order valence-corrected chi connectivity index (χ2v) is 10.4. The number of methoxy groups -OCH3 is 1. The molecular weight excluding hydrogens is 568 g/mol. The lowest BCUT2D eigenvalue weighted by Crippen LogP contribution is -2.39. The van der Waals surface area contributed by atoms with Crippen molar-refractivity contribution in [2.75, 3.05) is 13.7 Å². The number of aromatic nitrogens is 1. The topological polar surface area (TPSA) is 83.0 Å². The first-order valence-corrected chi connectivity index (χ1v) is 13.3. The quantitative estimate of drug-likeness (QED) is 0.223. The van der Waals surface area contributed by atoms with Gasteiger partial charge in [0.05, 0.1) is 29.0 Å². The number of thiazole rings is 1. The average molecular weight is 591 g/mol. The fraction of sp³-hybridized carbons (Fsp3) is 0.138. The summed E-state index contributed by atoms with van der Waals surface area (Å²) in [6.45, 7) is 5.41. The van der Waals surface area contributed by atoms with E-state index in [9.17, 15) is 9.59 Å². The van der Waals surface area contributed by atoms with Crippen LogP contribution < -0.4 is 19.6 Å². The monoisotopic (exact) mass is 590 g/mol. The van der Waals surface area contributed by atoms with Crippen LogP contribution in [0.3, 0.4) is 0 Å². The van der Waals surface area contributed by atoms with E-state index in [0.717, 1.165) is 15.6 Å². The van der Waals surface area contributed by atoms with Gasteiger partial charge in [-0.3, -0.25) is 9.36 Å². The number of carbonyl (C=O) groups excluding carboxylic acids is 1. The highest BCUT2D eigenvalue weighted by Crippen LogP contribution is 2.31. The Kier molecular flexibility index (Phi) is 7.31. The number of furan rings is 1. The van der Waals surface area contributed by atoms with Crippen molar-refractivity contribution in [3.63, 3.8) is 0 Å². The molecule has 0 spiro atoms. The van der Waals surface area contributed by atoms with E-state index >= 15 is 0 Å². The number of allylic oxidation sites excluding steroid dienone is 1. The molecule has 1 unspecified atom stereocenters. The van der Waals surface area contributed by atoms with Gasteiger partial charge in [0, 0.05) is 16.1 Å². The molecule has 1 aliphatic rings. The first-order chi connectivity index (χ1) is 18.4. The van der Waals surface area contributed by atoms with Gasteiger partial charge in [0.15, 0.2) is 4.80 Å². The summed E-state index contributed by atoms with van der Waals surface area (Å²) in [5, 5.41) is 0. The summed E-state index contributed by atoms with van der Waals surface area (Å²) in [6, 6.07) is 18.0. The van der Waals surface area contributed by atoms with Gasteiger partial charge in [-0.1, -0.05) is 64.2 Å². The van der Waals surface area contributed by atoms with Crippen LogP contribution in [-0.4, -0.2) is 24.3 Å². The third-order valence-corrected chi connectivity index (χ3v) is 7.55. The maximum atomic E-state index is 13.7. The van der Waals surface area contributed by atoms with E-state index in [1.165, 1.54) is 22.0 Å². The summed E-state index contributed by atoms with van der Waals surface area (Å²) >= 11 is 4.68. The number of fused-ring (bicyclic) bond motifs is 1. The van der Waals surface area contributed by atoms with Gasteiger partial charge in [-0.15, -0.1) is 0 Å². The van der Waals surface area contributed by atoms with Gasteiger partial charge in [-0.25, -0.2) is 9.79 Å². The molecule has 2 aromatic carbocycles. The molecule has 4 aromatic rings. The predicted molar refractivity (Wildman–Crippen MR) is 150 cm³/mol. The van der Waals surface area contributed by atoms with E-state index in [4.69, 9.17) is 13.9 Å². The summed E-state index contributed by atoms with van der Waals surface area (Å²) in [5.74, 6) is 1.34. The lowest BCUT2D eigenvalue weighted by Gasteiger charge is -2.24. The third-order valence-electron chi connectivity index (χ3n) is 6.03. The van der Waals surface area contributed by atoms with Crippen LogP contribution in [0.15, 0.2) is 103 Å². The minimum absolute atomic E-state index is 0.0502. The van der Waals surface area contributed by atoms with E-state index in [1.807, 2.05) is 48.5 Å². The molecule has 0 radical (unpaired) electrons. The van der Waals surface area contributed by atoms with Crippen LogP contribution in [0.25, 0.3) is 17.4 Å². The third kappa shape index (κ3) is 4.94. The smallest absolute Gasteiger partial charge is 0.338 e. The Morgan fingerprint density at radius 2 is 1.89 bits per heavy atom. The second-order valence-electron chi connectivity index (χ2n) is 8.45. The molecule has 1 atom stereocenters. The zero-order valence-corrected chi connectivity index (χ0v) is 23.0. The standard InChI is InChI=1S/C29H23BrN2O5S/c1-4-15-36-28(34)25-17(2)31-29-32(26(25)19-7-11-21(35-3)12-8-19)27(33)24(38-29)16-22-13-14-23(37-22)18-5-9-20(30)10-6-18/h4-14,16,26H,1,15H2,2-3H3/b24-16-. The number of rotatable bonds is 7. The van der Waals surface area contributed by atoms with Gasteiger partial charge in [0.2, 0.25) is 0 Å². The molecule has 0 aliphatic carbocycles. The number of benzene rings is 2. The highest BCUT2D eigenvalue weighted by molar-refractivity contribution is 9.10. The molecule has 2 aromatic heterocycles. The second kappa shape index (κ2) is 10.8. The van der Waals surface area contributed by atoms with Crippen LogP contribution >= 0.6 is 27.3 Å². The number of esters is 1. The molecule has 192 valence electrons. The van der Waals surface area contributed by atoms with E-state index in [1.54, 1.807) is 32.2 Å². The van der Waals surface area contributed by atoms with Crippen molar-refractivity contribution in [1.82, 2.24) is 4.57 Å². The van der Waals surface area contributed by atoms with Gasteiger partial charge in [0.25, 0.3) is 5.56 Å². The fourth-order valence-corrected chi connectivity index (χ4v) is 5.52. The van der Waals surface area contributed by atoms with Gasteiger partial charge >= 0.3 is 5.97 Å². The molecule has 0 bridgehead atoms. The van der Waals surface area contributed by atoms with Crippen LogP contribution in [0.1, 0.15) is 24.3 Å². The summed E-state index contributed by atoms with van der Waals surface area (Å²) < 4.78 is 19.6. The van der Waals surface area contributed by atoms with Crippen molar-refractivity contribution in [2.45, 2.75) is 13.0 Å². The van der Waals surface area contributed by atoms with Crippen molar-refractivity contribution in [3.05, 3.63) is 120 Å². The van der Waals surface area contributed by atoms with Crippen LogP contribution in [0, 0.1) is 0 Å². The molecule has 1 aliphatic heterocycles. The number of hydrogen-bond acceptors (Lipinski definition) is 7. The number of halogens is 1. The Labute approximate surface area is 230 Å². The first-order valence-electron chi connectivity index (χ1n) is 11.7. The number of ether oxygens (including phenoxy) is 2. The molecule has 5 rings (SSSR count). The van der Waals surface area contributed by atoms with E-state index < -0.39 is 12.0 Å². The van der Waals surface area contributed by atoms with Crippen LogP contribution in [-0.2, 0) is 9.53 Å². The minimum atomic E-state index is -0.716. The highest BCUT2D eigenvalue weighted by Gasteiger charge is 2.33. The van der Waals surface area contributed by atoms with Gasteiger partial charge < -0.3 is 13.9 Å². The van der Waals surface area contributed by atoms with Gasteiger partial charge in [0.1, 0.15) is 23.9 Å². The first kappa shape index (κ1) is 25.7. The zero-order chi connectivity index (χ0) is 26.8. The summed E-state index contributed by atoms with van der Waals surface area (Å²) in [5.41, 5.74) is 2.16. The number of hydrogen-bond donors (Lipinski definition) is 0. The van der Waals surface area contributed by atoms with Crippen LogP contribution in [0.2, 0.25) is 0 Å². The number of nitrogens with zero attached hydrogens (tertiary/aromatic N) is 2. The average Bonchev–Trinajstić information content (AvgIpc) is 3.51. The van der Waals surface area contributed by atoms with Crippen LogP contribution in [0.5, 0.6) is 5.75 Å². The summed E-state index contributed by atoms with van der Waals surface area (Å²) in [4.78, 5) is 31.9. The summed E-state index contributed by atoms with van der Waals surface area (Å²) in [6.07, 6.45) is 3.20. The lowest BCUT2D eigenvalue weighted by molar-refractivity contribution is -0.138. The normalized spacial score (nSPS) is 15.1. The summed E-state index contributed by atoms with van der Waals surface area (Å²) in [7, 11) is 1.58. The molecule has 0 amide bonds. The van der Waals surface area contributed by atoms with Crippen molar-refractivity contribution < 1.29 is 18.7 Å². The molecule has 0 N–H and O–H groups in total. The Bertz CT molecular complexity index is 1730. The molecule has 0 saturated carbocycles. The maximum Gasteiger partial charge on any atom is 0.338 e. The molecule has 38 heavy (non-hydrogen) atoms. The Balaban J connectivity index is 1.61. The predicted octanol–water partition coefficient (Wildman–Crippen LogP) is 5.00. The van der Waals surface area contributed by atoms with Crippen LogP contribution in [0.4, 0.5) is 0 Å². The molecule has 0 saturated heterocycles. The molecule has 9 heteroatoms. The molecule has 3 heterocycles. The largest absolute Gasteiger partial charge is 0.497 e. The van der Waals surface area contributed by atoms with Crippen molar-refractivity contribution in [1.29, 1.82) is 0 Å². The lowest BCUT2D eigenvalue weighted by atomic mass is 9.96.